The van der Waals surface area contributed by atoms with Gasteiger partial charge in [-0.15, -0.1) is 0 Å². The summed E-state index contributed by atoms with van der Waals surface area (Å²) in [5, 5.41) is 13.6. The van der Waals surface area contributed by atoms with Crippen molar-refractivity contribution in [1.29, 1.82) is 0 Å². The molecule has 1 saturated heterocycles. The number of hydrazine groups is 1. The van der Waals surface area contributed by atoms with Gasteiger partial charge in [0.05, 0.1) is 23.3 Å². The summed E-state index contributed by atoms with van der Waals surface area (Å²) >= 11 is 5.96. The van der Waals surface area contributed by atoms with E-state index >= 15 is 0 Å². The van der Waals surface area contributed by atoms with Crippen LogP contribution in [0.1, 0.15) is 42.1 Å². The summed E-state index contributed by atoms with van der Waals surface area (Å²) in [4.78, 5) is 50.3. The Labute approximate surface area is 189 Å². The molecular weight excluding hydrogens is 434 g/mol. The second kappa shape index (κ2) is 8.70. The molecule has 1 heterocycles. The first-order valence-electron chi connectivity index (χ1n) is 10.4. The van der Waals surface area contributed by atoms with Gasteiger partial charge in [0.15, 0.2) is 0 Å². The molecule has 3 amide bonds. The molecule has 2 aromatic carbocycles. The van der Waals surface area contributed by atoms with Crippen molar-refractivity contribution in [2.45, 2.75) is 32.7 Å². The summed E-state index contributed by atoms with van der Waals surface area (Å²) in [5.74, 6) is -1.82. The Morgan fingerprint density at radius 1 is 1.06 bits per heavy atom. The number of fused-ring (bicyclic) bond motifs is 1. The lowest BCUT2D eigenvalue weighted by Gasteiger charge is -2.30. The Balaban J connectivity index is 1.69. The second-order valence-electron chi connectivity index (χ2n) is 8.41. The van der Waals surface area contributed by atoms with Crippen molar-refractivity contribution < 1.29 is 19.3 Å². The average Bonchev–Trinajstić information content (AvgIpc) is 3.02. The second-order valence-corrected chi connectivity index (χ2v) is 8.85. The average molecular weight is 456 g/mol. The zero-order chi connectivity index (χ0) is 23.0. The number of imide groups is 1. The number of benzene rings is 2. The van der Waals surface area contributed by atoms with Crippen LogP contribution in [0, 0.1) is 27.9 Å². The van der Waals surface area contributed by atoms with Crippen molar-refractivity contribution >= 4 is 35.0 Å². The van der Waals surface area contributed by atoms with Gasteiger partial charge < -0.3 is 0 Å². The van der Waals surface area contributed by atoms with Gasteiger partial charge in [0.2, 0.25) is 0 Å². The highest BCUT2D eigenvalue weighted by Gasteiger charge is 2.52. The summed E-state index contributed by atoms with van der Waals surface area (Å²) < 4.78 is 0. The van der Waals surface area contributed by atoms with Crippen molar-refractivity contribution in [2.24, 2.45) is 17.8 Å². The van der Waals surface area contributed by atoms with E-state index in [0.717, 1.165) is 16.4 Å². The van der Waals surface area contributed by atoms with Gasteiger partial charge in [-0.1, -0.05) is 30.7 Å². The maximum atomic E-state index is 13.4. The zero-order valence-corrected chi connectivity index (χ0v) is 18.2. The third-order valence-electron chi connectivity index (χ3n) is 6.21. The third kappa shape index (κ3) is 4.10. The Hall–Kier alpha value is -3.26. The minimum atomic E-state index is -0.580. The SMILES string of the molecule is C[C@@H]1CC[C@@H]2C(=O)N(N(Cc3ccc(Cl)cc3)C(=O)c3ccc([N+](=O)[O-])cc3)C(=O)[C@H]2C1. The van der Waals surface area contributed by atoms with E-state index in [9.17, 15) is 24.5 Å². The Kier molecular flexibility index (Phi) is 5.97. The molecule has 1 aliphatic heterocycles. The van der Waals surface area contributed by atoms with Crippen molar-refractivity contribution in [3.63, 3.8) is 0 Å². The number of carbonyl (C=O) groups excluding carboxylic acids is 3. The molecule has 3 atom stereocenters. The van der Waals surface area contributed by atoms with Crippen LogP contribution in [0.3, 0.4) is 0 Å². The maximum absolute atomic E-state index is 13.4. The molecule has 32 heavy (non-hydrogen) atoms. The van der Waals surface area contributed by atoms with E-state index in [4.69, 9.17) is 11.6 Å². The van der Waals surface area contributed by atoms with Gasteiger partial charge in [-0.25, -0.2) is 5.01 Å². The predicted molar refractivity (Wildman–Crippen MR) is 116 cm³/mol. The fourth-order valence-corrected chi connectivity index (χ4v) is 4.61. The highest BCUT2D eigenvalue weighted by molar-refractivity contribution is 6.30. The topological polar surface area (TPSA) is 101 Å². The molecule has 2 fully saturated rings. The minimum Gasteiger partial charge on any atom is -0.272 e. The molecule has 4 rings (SSSR count). The fourth-order valence-electron chi connectivity index (χ4n) is 4.48. The lowest BCUT2D eigenvalue weighted by Crippen LogP contribution is -2.49. The van der Waals surface area contributed by atoms with Gasteiger partial charge in [-0.3, -0.25) is 24.5 Å². The minimum absolute atomic E-state index is 0.0144. The molecule has 0 N–H and O–H groups in total. The molecule has 1 saturated carbocycles. The van der Waals surface area contributed by atoms with E-state index in [1.165, 1.54) is 24.3 Å². The summed E-state index contributed by atoms with van der Waals surface area (Å²) in [6.07, 6.45) is 2.10. The summed E-state index contributed by atoms with van der Waals surface area (Å²) in [5.41, 5.74) is 0.682. The number of amides is 3. The van der Waals surface area contributed by atoms with Gasteiger partial charge in [-0.2, -0.15) is 5.01 Å². The van der Waals surface area contributed by atoms with Crippen LogP contribution in [0.15, 0.2) is 48.5 Å². The van der Waals surface area contributed by atoms with Crippen molar-refractivity contribution in [3.8, 4) is 0 Å². The summed E-state index contributed by atoms with van der Waals surface area (Å²) in [6.45, 7) is 2.05. The van der Waals surface area contributed by atoms with E-state index in [1.807, 2.05) is 0 Å². The highest BCUT2D eigenvalue weighted by atomic mass is 35.5. The Morgan fingerprint density at radius 3 is 2.31 bits per heavy atom. The molecule has 9 heteroatoms. The first-order chi connectivity index (χ1) is 15.3. The van der Waals surface area contributed by atoms with E-state index in [2.05, 4.69) is 6.92 Å². The van der Waals surface area contributed by atoms with Crippen LogP contribution >= 0.6 is 11.6 Å². The van der Waals surface area contributed by atoms with Crippen molar-refractivity contribution in [3.05, 3.63) is 74.8 Å². The normalized spacial score (nSPS) is 22.6. The van der Waals surface area contributed by atoms with Gasteiger partial charge >= 0.3 is 0 Å². The summed E-state index contributed by atoms with van der Waals surface area (Å²) in [7, 11) is 0. The van der Waals surface area contributed by atoms with Crippen LogP contribution < -0.4 is 0 Å². The lowest BCUT2D eigenvalue weighted by atomic mass is 9.76. The van der Waals surface area contributed by atoms with Crippen LogP contribution in [-0.4, -0.2) is 32.7 Å². The molecule has 0 aromatic heterocycles. The number of hydrogen-bond donors (Lipinski definition) is 0. The molecule has 8 nitrogen and oxygen atoms in total. The number of nitro groups is 1. The van der Waals surface area contributed by atoms with E-state index < -0.39 is 22.7 Å². The highest BCUT2D eigenvalue weighted by Crippen LogP contribution is 2.41. The number of rotatable bonds is 5. The first kappa shape index (κ1) is 22.0. The quantitative estimate of drug-likeness (QED) is 0.381. The first-order valence-corrected chi connectivity index (χ1v) is 10.8. The molecule has 2 aromatic rings. The maximum Gasteiger partial charge on any atom is 0.273 e. The smallest absolute Gasteiger partial charge is 0.272 e. The molecule has 1 aliphatic carbocycles. The van der Waals surface area contributed by atoms with Crippen LogP contribution in [0.5, 0.6) is 0 Å². The monoisotopic (exact) mass is 455 g/mol. The molecule has 166 valence electrons. The van der Waals surface area contributed by atoms with Crippen molar-refractivity contribution in [2.75, 3.05) is 0 Å². The number of non-ortho nitro benzene ring substituents is 1. The van der Waals surface area contributed by atoms with E-state index in [1.54, 1.807) is 24.3 Å². The standard InChI is InChI=1S/C23H22ClN3O5/c1-14-2-11-19-20(12-14)23(30)26(22(19)29)25(13-15-3-7-17(24)8-4-15)21(28)16-5-9-18(10-6-16)27(31)32/h3-10,14,19-20H,2,11-13H2,1H3/t14-,19+,20+/m1/s1. The molecule has 0 spiro atoms. The van der Waals surface area contributed by atoms with Crippen LogP contribution in [0.25, 0.3) is 0 Å². The number of nitrogens with zero attached hydrogens (tertiary/aromatic N) is 3. The Bertz CT molecular complexity index is 1070. The van der Waals surface area contributed by atoms with Gasteiger partial charge in [0, 0.05) is 22.7 Å². The van der Waals surface area contributed by atoms with Gasteiger partial charge in [-0.05, 0) is 55.0 Å². The van der Waals surface area contributed by atoms with Gasteiger partial charge in [0.1, 0.15) is 0 Å². The Morgan fingerprint density at radius 2 is 1.69 bits per heavy atom. The fraction of sp³-hybridized carbons (Fsp3) is 0.348. The molecule has 0 unspecified atom stereocenters. The third-order valence-corrected chi connectivity index (χ3v) is 6.46. The largest absolute Gasteiger partial charge is 0.273 e. The number of hydrogen-bond acceptors (Lipinski definition) is 5. The predicted octanol–water partition coefficient (Wildman–Crippen LogP) is 4.23. The molecule has 0 bridgehead atoms. The lowest BCUT2D eigenvalue weighted by molar-refractivity contribution is -0.384. The zero-order valence-electron chi connectivity index (χ0n) is 17.4. The molecule has 0 radical (unpaired) electrons. The molecular formula is C23H22ClN3O5. The van der Waals surface area contributed by atoms with Gasteiger partial charge in [0.25, 0.3) is 23.4 Å². The van der Waals surface area contributed by atoms with E-state index in [0.29, 0.717) is 29.3 Å². The van der Waals surface area contributed by atoms with Crippen molar-refractivity contribution in [1.82, 2.24) is 10.0 Å². The number of carbonyl (C=O) groups is 3. The van der Waals surface area contributed by atoms with E-state index in [-0.39, 0.29) is 29.6 Å². The van der Waals surface area contributed by atoms with Crippen LogP contribution in [0.2, 0.25) is 5.02 Å². The number of nitro benzene ring substituents is 1. The van der Waals surface area contributed by atoms with Crippen LogP contribution in [-0.2, 0) is 16.1 Å². The summed E-state index contributed by atoms with van der Waals surface area (Å²) in [6, 6.07) is 11.9. The number of halogens is 1. The molecule has 2 aliphatic rings. The van der Waals surface area contributed by atoms with Crippen LogP contribution in [0.4, 0.5) is 5.69 Å².